The zero-order chi connectivity index (χ0) is 11.3. The van der Waals surface area contributed by atoms with Crippen LogP contribution in [0.3, 0.4) is 0 Å². The zero-order valence-electron chi connectivity index (χ0n) is 9.62. The molecule has 16 heavy (non-hydrogen) atoms. The van der Waals surface area contributed by atoms with Crippen LogP contribution in [0.4, 0.5) is 0 Å². The molecule has 0 bridgehead atoms. The summed E-state index contributed by atoms with van der Waals surface area (Å²) < 4.78 is 2.20. The maximum absolute atomic E-state index is 9.99. The van der Waals surface area contributed by atoms with E-state index in [1.165, 1.54) is 11.3 Å². The van der Waals surface area contributed by atoms with E-state index in [0.29, 0.717) is 11.8 Å². The van der Waals surface area contributed by atoms with Crippen molar-refractivity contribution in [2.45, 2.75) is 19.4 Å². The maximum atomic E-state index is 9.99. The van der Waals surface area contributed by atoms with Gasteiger partial charge in [0.25, 0.3) is 0 Å². The molecule has 0 spiro atoms. The van der Waals surface area contributed by atoms with Gasteiger partial charge in [0.05, 0.1) is 5.52 Å². The lowest BCUT2D eigenvalue weighted by atomic mass is 10.00. The van der Waals surface area contributed by atoms with E-state index < -0.39 is 0 Å². The highest BCUT2D eigenvalue weighted by Crippen LogP contribution is 2.36. The third-order valence-electron chi connectivity index (χ3n) is 3.59. The van der Waals surface area contributed by atoms with Crippen molar-refractivity contribution in [3.63, 3.8) is 0 Å². The first-order chi connectivity index (χ1) is 7.70. The molecule has 0 saturated heterocycles. The van der Waals surface area contributed by atoms with Gasteiger partial charge in [-0.2, -0.15) is 0 Å². The smallest absolute Gasteiger partial charge is 0.125 e. The van der Waals surface area contributed by atoms with Gasteiger partial charge in [-0.05, 0) is 37.6 Å². The normalized spacial score (nSPS) is 20.0. The first kappa shape index (κ1) is 9.73. The summed E-state index contributed by atoms with van der Waals surface area (Å²) >= 11 is 0. The SMILES string of the molecule is CC1NCCc2c1n(C)c1cccc(O)c21. The minimum Gasteiger partial charge on any atom is -0.507 e. The van der Waals surface area contributed by atoms with E-state index in [1.54, 1.807) is 6.07 Å². The lowest BCUT2D eigenvalue weighted by Gasteiger charge is -2.22. The quantitative estimate of drug-likeness (QED) is 0.707. The highest BCUT2D eigenvalue weighted by Gasteiger charge is 2.24. The summed E-state index contributed by atoms with van der Waals surface area (Å²) in [5, 5.41) is 14.5. The molecule has 3 heteroatoms. The van der Waals surface area contributed by atoms with Crippen molar-refractivity contribution in [1.82, 2.24) is 9.88 Å². The Morgan fingerprint density at radius 1 is 1.44 bits per heavy atom. The number of aromatic nitrogens is 1. The number of benzene rings is 1. The predicted octanol–water partition coefficient (Wildman–Crippen LogP) is 2.09. The first-order valence-corrected chi connectivity index (χ1v) is 5.72. The maximum Gasteiger partial charge on any atom is 0.125 e. The molecule has 3 nitrogen and oxygen atoms in total. The van der Waals surface area contributed by atoms with E-state index in [4.69, 9.17) is 0 Å². The van der Waals surface area contributed by atoms with Crippen LogP contribution >= 0.6 is 0 Å². The minimum absolute atomic E-state index is 0.362. The number of nitrogens with zero attached hydrogens (tertiary/aromatic N) is 1. The van der Waals surface area contributed by atoms with E-state index in [0.717, 1.165) is 23.9 Å². The molecule has 0 fully saturated rings. The molecule has 2 aromatic rings. The molecule has 1 aliphatic rings. The fourth-order valence-corrected chi connectivity index (χ4v) is 2.89. The fraction of sp³-hybridized carbons (Fsp3) is 0.385. The van der Waals surface area contributed by atoms with E-state index in [9.17, 15) is 5.11 Å². The van der Waals surface area contributed by atoms with Crippen molar-refractivity contribution < 1.29 is 5.11 Å². The van der Waals surface area contributed by atoms with Gasteiger partial charge in [-0.3, -0.25) is 0 Å². The molecule has 1 aromatic heterocycles. The van der Waals surface area contributed by atoms with Crippen molar-refractivity contribution in [1.29, 1.82) is 0 Å². The Labute approximate surface area is 94.7 Å². The van der Waals surface area contributed by atoms with Gasteiger partial charge in [-0.15, -0.1) is 0 Å². The molecular formula is C13H16N2O. The second-order valence-corrected chi connectivity index (χ2v) is 4.52. The molecule has 0 saturated carbocycles. The fourth-order valence-electron chi connectivity index (χ4n) is 2.89. The van der Waals surface area contributed by atoms with Crippen LogP contribution in [0.5, 0.6) is 5.75 Å². The van der Waals surface area contributed by atoms with Gasteiger partial charge in [0.15, 0.2) is 0 Å². The highest BCUT2D eigenvalue weighted by atomic mass is 16.3. The van der Waals surface area contributed by atoms with E-state index in [2.05, 4.69) is 29.9 Å². The summed E-state index contributed by atoms with van der Waals surface area (Å²) in [6.07, 6.45) is 0.995. The van der Waals surface area contributed by atoms with Gasteiger partial charge in [-0.1, -0.05) is 6.07 Å². The van der Waals surface area contributed by atoms with Crippen LogP contribution in [-0.2, 0) is 13.5 Å². The standard InChI is InChI=1S/C13H16N2O/c1-8-13-9(6-7-14-8)12-10(15(13)2)4-3-5-11(12)16/h3-5,8,14,16H,6-7H2,1-2H3. The summed E-state index contributed by atoms with van der Waals surface area (Å²) in [6.45, 7) is 3.16. The van der Waals surface area contributed by atoms with Gasteiger partial charge in [-0.25, -0.2) is 0 Å². The number of hydrogen-bond acceptors (Lipinski definition) is 2. The van der Waals surface area contributed by atoms with Gasteiger partial charge in [0, 0.05) is 24.2 Å². The number of aromatic hydroxyl groups is 1. The average molecular weight is 216 g/mol. The van der Waals surface area contributed by atoms with Crippen molar-refractivity contribution in [3.8, 4) is 5.75 Å². The Morgan fingerprint density at radius 3 is 3.06 bits per heavy atom. The molecular weight excluding hydrogens is 200 g/mol. The highest BCUT2D eigenvalue weighted by molar-refractivity contribution is 5.91. The van der Waals surface area contributed by atoms with Crippen molar-refractivity contribution in [2.24, 2.45) is 7.05 Å². The Kier molecular flexibility index (Phi) is 1.98. The Hall–Kier alpha value is -1.48. The summed E-state index contributed by atoms with van der Waals surface area (Å²) in [6, 6.07) is 6.11. The molecule has 0 amide bonds. The first-order valence-electron chi connectivity index (χ1n) is 5.72. The molecule has 84 valence electrons. The molecule has 1 atom stereocenters. The number of nitrogens with one attached hydrogen (secondary N) is 1. The molecule has 0 radical (unpaired) electrons. The third kappa shape index (κ3) is 1.12. The van der Waals surface area contributed by atoms with E-state index >= 15 is 0 Å². The van der Waals surface area contributed by atoms with E-state index in [-0.39, 0.29) is 0 Å². The molecule has 1 aliphatic heterocycles. The van der Waals surface area contributed by atoms with Crippen LogP contribution in [-0.4, -0.2) is 16.2 Å². The Bertz CT molecular complexity index is 557. The van der Waals surface area contributed by atoms with Gasteiger partial charge >= 0.3 is 0 Å². The van der Waals surface area contributed by atoms with Crippen molar-refractivity contribution in [2.75, 3.05) is 6.54 Å². The van der Waals surface area contributed by atoms with Crippen LogP contribution in [0, 0.1) is 0 Å². The summed E-state index contributed by atoms with van der Waals surface area (Å²) in [5.74, 6) is 0.406. The summed E-state index contributed by atoms with van der Waals surface area (Å²) in [5.41, 5.74) is 3.74. The largest absolute Gasteiger partial charge is 0.507 e. The Morgan fingerprint density at radius 2 is 2.25 bits per heavy atom. The molecule has 2 heterocycles. The second-order valence-electron chi connectivity index (χ2n) is 4.52. The summed E-state index contributed by atoms with van der Waals surface area (Å²) in [7, 11) is 2.07. The van der Waals surface area contributed by atoms with Crippen LogP contribution < -0.4 is 5.32 Å². The molecule has 0 aliphatic carbocycles. The molecule has 1 unspecified atom stereocenters. The van der Waals surface area contributed by atoms with Gasteiger partial charge < -0.3 is 15.0 Å². The number of phenolic OH excluding ortho intramolecular Hbond substituents is 1. The monoisotopic (exact) mass is 216 g/mol. The minimum atomic E-state index is 0.362. The topological polar surface area (TPSA) is 37.2 Å². The predicted molar refractivity (Wildman–Crippen MR) is 64.7 cm³/mol. The third-order valence-corrected chi connectivity index (χ3v) is 3.59. The van der Waals surface area contributed by atoms with Crippen LogP contribution in [0.2, 0.25) is 0 Å². The van der Waals surface area contributed by atoms with Crippen LogP contribution in [0.25, 0.3) is 10.9 Å². The van der Waals surface area contributed by atoms with Crippen LogP contribution in [0.15, 0.2) is 18.2 Å². The van der Waals surface area contributed by atoms with Gasteiger partial charge in [0.1, 0.15) is 5.75 Å². The summed E-state index contributed by atoms with van der Waals surface area (Å²) in [4.78, 5) is 0. The number of hydrogen-bond donors (Lipinski definition) is 2. The number of phenols is 1. The van der Waals surface area contributed by atoms with Crippen LogP contribution in [0.1, 0.15) is 24.2 Å². The number of aryl methyl sites for hydroxylation is 1. The second kappa shape index (κ2) is 3.25. The lowest BCUT2D eigenvalue weighted by molar-refractivity contribution is 0.480. The van der Waals surface area contributed by atoms with Gasteiger partial charge in [0.2, 0.25) is 0 Å². The molecule has 3 rings (SSSR count). The molecule has 2 N–H and O–H groups in total. The van der Waals surface area contributed by atoms with E-state index in [1.807, 2.05) is 6.07 Å². The number of fused-ring (bicyclic) bond motifs is 3. The number of rotatable bonds is 0. The zero-order valence-corrected chi connectivity index (χ0v) is 9.62. The average Bonchev–Trinajstić information content (AvgIpc) is 2.56. The van der Waals surface area contributed by atoms with Crippen molar-refractivity contribution in [3.05, 3.63) is 29.5 Å². The lowest BCUT2D eigenvalue weighted by Crippen LogP contribution is -2.28. The Balaban J connectivity index is 2.44. The molecule has 1 aromatic carbocycles. The van der Waals surface area contributed by atoms with Crippen molar-refractivity contribution >= 4 is 10.9 Å².